The number of amides is 1. The van der Waals surface area contributed by atoms with Gasteiger partial charge < -0.3 is 24.8 Å². The Labute approximate surface area is 140 Å². The molecule has 2 aliphatic rings. The number of benzene rings is 1. The molecule has 0 saturated carbocycles. The average Bonchev–Trinajstić information content (AvgIpc) is 3.07. The Balaban J connectivity index is 1.57. The molecule has 1 aromatic rings. The van der Waals surface area contributed by atoms with Crippen molar-refractivity contribution in [2.45, 2.75) is 19.3 Å². The predicted molar refractivity (Wildman–Crippen MR) is 87.5 cm³/mol. The number of carbonyl (C=O) groups is 2. The number of nitrogens with one attached hydrogen (secondary N) is 1. The minimum absolute atomic E-state index is 0.0414. The Kier molecular flexibility index (Phi) is 5.20. The van der Waals surface area contributed by atoms with Gasteiger partial charge in [-0.2, -0.15) is 0 Å². The highest BCUT2D eigenvalue weighted by Crippen LogP contribution is 2.32. The third kappa shape index (κ3) is 4.17. The smallest absolute Gasteiger partial charge is 0.308 e. The first-order valence-electron chi connectivity index (χ1n) is 8.26. The van der Waals surface area contributed by atoms with Crippen LogP contribution in [0.5, 0.6) is 11.5 Å². The van der Waals surface area contributed by atoms with Crippen molar-refractivity contribution in [1.29, 1.82) is 0 Å². The van der Waals surface area contributed by atoms with Crippen LogP contribution in [0.1, 0.15) is 19.3 Å². The van der Waals surface area contributed by atoms with E-state index in [1.807, 2.05) is 0 Å². The summed E-state index contributed by atoms with van der Waals surface area (Å²) in [6, 6.07) is 5.16. The number of rotatable bonds is 6. The molecular weight excluding hydrogens is 312 g/mol. The van der Waals surface area contributed by atoms with Crippen LogP contribution in [0.3, 0.4) is 0 Å². The van der Waals surface area contributed by atoms with E-state index in [1.165, 1.54) is 0 Å². The minimum Gasteiger partial charge on any atom is -0.486 e. The van der Waals surface area contributed by atoms with Gasteiger partial charge in [0.25, 0.3) is 0 Å². The normalized spacial score (nSPS) is 18.2. The maximum atomic E-state index is 12.2. The van der Waals surface area contributed by atoms with Crippen LogP contribution >= 0.6 is 0 Å². The number of carboxylic acids is 1. The lowest BCUT2D eigenvalue weighted by Gasteiger charge is -2.21. The van der Waals surface area contributed by atoms with Crippen LogP contribution in [0.2, 0.25) is 0 Å². The van der Waals surface area contributed by atoms with Crippen LogP contribution in [-0.4, -0.2) is 54.7 Å². The Morgan fingerprint density at radius 1 is 1.17 bits per heavy atom. The lowest BCUT2D eigenvalue weighted by atomic mass is 10.0. The van der Waals surface area contributed by atoms with Gasteiger partial charge in [-0.25, -0.2) is 0 Å². The van der Waals surface area contributed by atoms with Gasteiger partial charge in [0.15, 0.2) is 11.5 Å². The van der Waals surface area contributed by atoms with Crippen molar-refractivity contribution in [1.82, 2.24) is 4.90 Å². The first kappa shape index (κ1) is 16.6. The third-order valence-corrected chi connectivity index (χ3v) is 4.28. The van der Waals surface area contributed by atoms with Crippen molar-refractivity contribution in [2.75, 3.05) is 38.2 Å². The maximum absolute atomic E-state index is 12.2. The number of nitrogens with zero attached hydrogens (tertiary/aromatic N) is 1. The topological polar surface area (TPSA) is 88.1 Å². The fourth-order valence-corrected chi connectivity index (χ4v) is 3.06. The van der Waals surface area contributed by atoms with Crippen LogP contribution in [0, 0.1) is 5.92 Å². The first-order chi connectivity index (χ1) is 11.6. The monoisotopic (exact) mass is 334 g/mol. The Morgan fingerprint density at radius 2 is 1.88 bits per heavy atom. The van der Waals surface area contributed by atoms with Gasteiger partial charge >= 0.3 is 5.97 Å². The molecule has 1 atom stereocenters. The van der Waals surface area contributed by atoms with Gasteiger partial charge in [0.2, 0.25) is 5.91 Å². The molecule has 2 N–H and O–H groups in total. The van der Waals surface area contributed by atoms with Gasteiger partial charge in [-0.3, -0.25) is 9.59 Å². The molecular formula is C17H22N2O5. The second kappa shape index (κ2) is 7.53. The zero-order valence-electron chi connectivity index (χ0n) is 13.5. The van der Waals surface area contributed by atoms with Gasteiger partial charge in [0, 0.05) is 24.7 Å². The van der Waals surface area contributed by atoms with Crippen molar-refractivity contribution < 1.29 is 24.2 Å². The molecule has 1 aromatic carbocycles. The molecule has 7 nitrogen and oxygen atoms in total. The molecule has 1 amide bonds. The van der Waals surface area contributed by atoms with Crippen LogP contribution in [0.15, 0.2) is 18.2 Å². The molecule has 130 valence electrons. The van der Waals surface area contributed by atoms with E-state index in [0.717, 1.165) is 25.9 Å². The number of carbonyl (C=O) groups excluding carboxylic acids is 1. The average molecular weight is 334 g/mol. The Bertz CT molecular complexity index is 613. The number of likely N-dealkylation sites (tertiary alicyclic amines) is 1. The summed E-state index contributed by atoms with van der Waals surface area (Å²) < 4.78 is 10.9. The van der Waals surface area contributed by atoms with E-state index in [2.05, 4.69) is 10.2 Å². The van der Waals surface area contributed by atoms with E-state index in [-0.39, 0.29) is 12.3 Å². The van der Waals surface area contributed by atoms with Crippen molar-refractivity contribution in [3.05, 3.63) is 18.2 Å². The van der Waals surface area contributed by atoms with Crippen molar-refractivity contribution in [2.24, 2.45) is 5.92 Å². The summed E-state index contributed by atoms with van der Waals surface area (Å²) in [5.41, 5.74) is 0.578. The van der Waals surface area contributed by atoms with Crippen molar-refractivity contribution in [3.63, 3.8) is 0 Å². The highest BCUT2D eigenvalue weighted by Gasteiger charge is 2.25. The van der Waals surface area contributed by atoms with Crippen LogP contribution < -0.4 is 14.8 Å². The second-order valence-corrected chi connectivity index (χ2v) is 6.15. The molecule has 2 aliphatic heterocycles. The van der Waals surface area contributed by atoms with E-state index in [0.29, 0.717) is 36.9 Å². The SMILES string of the molecule is O=C(CC(CN1CCCC1)C(=O)O)Nc1ccc2c(c1)OCCO2. The van der Waals surface area contributed by atoms with Crippen molar-refractivity contribution >= 4 is 17.6 Å². The number of aliphatic carboxylic acids is 1. The molecule has 0 radical (unpaired) electrons. The van der Waals surface area contributed by atoms with Crippen LogP contribution in [0.25, 0.3) is 0 Å². The molecule has 0 spiro atoms. The van der Waals surface area contributed by atoms with Crippen molar-refractivity contribution in [3.8, 4) is 11.5 Å². The molecule has 0 bridgehead atoms. The number of anilines is 1. The number of carboxylic acid groups (broad SMARTS) is 1. The van der Waals surface area contributed by atoms with E-state index in [9.17, 15) is 14.7 Å². The molecule has 1 unspecified atom stereocenters. The summed E-state index contributed by atoms with van der Waals surface area (Å²) >= 11 is 0. The standard InChI is InChI=1S/C17H22N2O5/c20-16(9-12(17(21)22)11-19-5-1-2-6-19)18-13-3-4-14-15(10-13)24-8-7-23-14/h3-4,10,12H,1-2,5-9,11H2,(H,18,20)(H,21,22). The van der Waals surface area contributed by atoms with E-state index < -0.39 is 11.9 Å². The molecule has 7 heteroatoms. The van der Waals surface area contributed by atoms with Gasteiger partial charge in [-0.05, 0) is 38.1 Å². The van der Waals surface area contributed by atoms with Gasteiger partial charge in [-0.15, -0.1) is 0 Å². The molecule has 0 aromatic heterocycles. The molecule has 3 rings (SSSR count). The quantitative estimate of drug-likeness (QED) is 0.821. The summed E-state index contributed by atoms with van der Waals surface area (Å²) in [5.74, 6) is -0.694. The van der Waals surface area contributed by atoms with Gasteiger partial charge in [0.05, 0.1) is 5.92 Å². The van der Waals surface area contributed by atoms with E-state index in [1.54, 1.807) is 18.2 Å². The molecule has 0 aliphatic carbocycles. The summed E-state index contributed by atoms with van der Waals surface area (Å²) in [5, 5.41) is 12.1. The lowest BCUT2D eigenvalue weighted by Crippen LogP contribution is -2.33. The second-order valence-electron chi connectivity index (χ2n) is 6.15. The summed E-state index contributed by atoms with van der Waals surface area (Å²) in [4.78, 5) is 25.7. The third-order valence-electron chi connectivity index (χ3n) is 4.28. The fraction of sp³-hybridized carbons (Fsp3) is 0.529. The molecule has 1 fully saturated rings. The van der Waals surface area contributed by atoms with Crippen LogP contribution in [-0.2, 0) is 9.59 Å². The zero-order valence-corrected chi connectivity index (χ0v) is 13.5. The van der Waals surface area contributed by atoms with Gasteiger partial charge in [0.1, 0.15) is 13.2 Å². The Morgan fingerprint density at radius 3 is 2.58 bits per heavy atom. The summed E-state index contributed by atoms with van der Waals surface area (Å²) in [6.07, 6.45) is 2.14. The lowest BCUT2D eigenvalue weighted by molar-refractivity contribution is -0.144. The Hall–Kier alpha value is -2.28. The van der Waals surface area contributed by atoms with E-state index in [4.69, 9.17) is 9.47 Å². The number of ether oxygens (including phenoxy) is 2. The van der Waals surface area contributed by atoms with Crippen LogP contribution in [0.4, 0.5) is 5.69 Å². The zero-order chi connectivity index (χ0) is 16.9. The largest absolute Gasteiger partial charge is 0.486 e. The molecule has 1 saturated heterocycles. The highest BCUT2D eigenvalue weighted by molar-refractivity contribution is 5.93. The van der Waals surface area contributed by atoms with Gasteiger partial charge in [-0.1, -0.05) is 0 Å². The highest BCUT2D eigenvalue weighted by atomic mass is 16.6. The number of fused-ring (bicyclic) bond motifs is 1. The maximum Gasteiger partial charge on any atom is 0.308 e. The number of hydrogen-bond acceptors (Lipinski definition) is 5. The van der Waals surface area contributed by atoms with E-state index >= 15 is 0 Å². The molecule has 24 heavy (non-hydrogen) atoms. The minimum atomic E-state index is -0.931. The molecule has 2 heterocycles. The number of hydrogen-bond donors (Lipinski definition) is 2. The summed E-state index contributed by atoms with van der Waals surface area (Å²) in [7, 11) is 0. The predicted octanol–water partition coefficient (Wildman–Crippen LogP) is 1.58. The fourth-order valence-electron chi connectivity index (χ4n) is 3.06. The first-order valence-corrected chi connectivity index (χ1v) is 8.26. The summed E-state index contributed by atoms with van der Waals surface area (Å²) in [6.45, 7) is 3.22.